The highest BCUT2D eigenvalue weighted by Crippen LogP contribution is 2.19. The number of hydrogen-bond acceptors (Lipinski definition) is 3. The zero-order valence-electron chi connectivity index (χ0n) is 13.1. The van der Waals surface area contributed by atoms with Crippen LogP contribution in [0.4, 0.5) is 4.79 Å². The van der Waals surface area contributed by atoms with Crippen molar-refractivity contribution < 1.29 is 14.6 Å². The average Bonchev–Trinajstić information content (AvgIpc) is 3.06. The van der Waals surface area contributed by atoms with Gasteiger partial charge in [-0.05, 0) is 31.7 Å². The van der Waals surface area contributed by atoms with Gasteiger partial charge >= 0.3 is 6.03 Å². The smallest absolute Gasteiger partial charge is 0.315 e. The van der Waals surface area contributed by atoms with Crippen molar-refractivity contribution >= 4 is 6.03 Å². The molecule has 3 N–H and O–H groups in total. The van der Waals surface area contributed by atoms with Crippen LogP contribution >= 0.6 is 0 Å². The molecule has 5 heteroatoms. The van der Waals surface area contributed by atoms with Crippen LogP contribution in [-0.2, 0) is 4.74 Å². The number of carbonyl (C=O) groups is 1. The summed E-state index contributed by atoms with van der Waals surface area (Å²) < 4.78 is 5.36. The minimum Gasteiger partial charge on any atom is -0.396 e. The first-order chi connectivity index (χ1) is 10.7. The molecule has 3 unspecified atom stereocenters. The number of hydrogen-bond donors (Lipinski definition) is 3. The van der Waals surface area contributed by atoms with Crippen molar-refractivity contribution in [3.63, 3.8) is 0 Å². The molecule has 0 saturated carbocycles. The van der Waals surface area contributed by atoms with Gasteiger partial charge in [-0.2, -0.15) is 0 Å². The molecular formula is C17H26N2O3. The summed E-state index contributed by atoms with van der Waals surface area (Å²) in [6.45, 7) is 3.64. The van der Waals surface area contributed by atoms with Crippen LogP contribution < -0.4 is 10.6 Å². The predicted molar refractivity (Wildman–Crippen MR) is 85.6 cm³/mol. The fourth-order valence-corrected chi connectivity index (χ4v) is 2.77. The van der Waals surface area contributed by atoms with Crippen LogP contribution in [0, 0.1) is 5.92 Å². The van der Waals surface area contributed by atoms with Crippen molar-refractivity contribution in [1.82, 2.24) is 10.6 Å². The van der Waals surface area contributed by atoms with Gasteiger partial charge in [0.25, 0.3) is 0 Å². The van der Waals surface area contributed by atoms with Crippen molar-refractivity contribution in [3.8, 4) is 0 Å². The number of amides is 2. The molecule has 1 saturated heterocycles. The van der Waals surface area contributed by atoms with Crippen molar-refractivity contribution in [2.75, 3.05) is 19.8 Å². The van der Waals surface area contributed by atoms with Crippen LogP contribution in [0.5, 0.6) is 0 Å². The van der Waals surface area contributed by atoms with Crippen LogP contribution in [0.1, 0.15) is 37.8 Å². The first kappa shape index (κ1) is 16.8. The van der Waals surface area contributed by atoms with E-state index in [0.29, 0.717) is 18.9 Å². The maximum atomic E-state index is 12.2. The summed E-state index contributed by atoms with van der Waals surface area (Å²) in [6.07, 6.45) is 2.37. The first-order valence-electron chi connectivity index (χ1n) is 8.01. The topological polar surface area (TPSA) is 70.6 Å². The predicted octanol–water partition coefficient (Wildman–Crippen LogP) is 2.22. The monoisotopic (exact) mass is 306 g/mol. The lowest BCUT2D eigenvalue weighted by Gasteiger charge is -2.23. The summed E-state index contributed by atoms with van der Waals surface area (Å²) in [5.41, 5.74) is 1.06. The summed E-state index contributed by atoms with van der Waals surface area (Å²) in [5.74, 6) is 0.387. The third-order valence-electron chi connectivity index (χ3n) is 4.19. The number of nitrogens with one attached hydrogen (secondary N) is 2. The highest BCUT2D eigenvalue weighted by molar-refractivity contribution is 5.74. The Bertz CT molecular complexity index is 446. The summed E-state index contributed by atoms with van der Waals surface area (Å²) in [5, 5.41) is 15.1. The molecule has 22 heavy (non-hydrogen) atoms. The van der Waals surface area contributed by atoms with Crippen molar-refractivity contribution in [2.45, 2.75) is 38.3 Å². The molecular weight excluding hydrogens is 280 g/mol. The SMILES string of the molecule is CC(NC(=O)NC(CCCO)c1ccccc1)C1CCOC1. The number of aliphatic hydroxyl groups is 1. The van der Waals surface area contributed by atoms with E-state index in [4.69, 9.17) is 9.84 Å². The second-order valence-electron chi connectivity index (χ2n) is 5.86. The minimum atomic E-state index is -0.161. The summed E-state index contributed by atoms with van der Waals surface area (Å²) in [4.78, 5) is 12.2. The number of benzene rings is 1. The number of ether oxygens (including phenoxy) is 1. The van der Waals surface area contributed by atoms with E-state index in [2.05, 4.69) is 10.6 Å². The lowest BCUT2D eigenvalue weighted by atomic mass is 10.0. The molecule has 0 aromatic heterocycles. The van der Waals surface area contributed by atoms with E-state index in [1.807, 2.05) is 37.3 Å². The Hall–Kier alpha value is -1.59. The Morgan fingerprint density at radius 3 is 2.77 bits per heavy atom. The van der Waals surface area contributed by atoms with Crippen molar-refractivity contribution in [2.24, 2.45) is 5.92 Å². The molecule has 0 bridgehead atoms. The number of aliphatic hydroxyl groups excluding tert-OH is 1. The molecule has 1 aliphatic rings. The van der Waals surface area contributed by atoms with Gasteiger partial charge in [-0.3, -0.25) is 0 Å². The molecule has 1 aromatic carbocycles. The molecule has 0 radical (unpaired) electrons. The van der Waals surface area contributed by atoms with E-state index in [-0.39, 0.29) is 24.7 Å². The molecule has 1 fully saturated rings. The number of rotatable bonds is 7. The van der Waals surface area contributed by atoms with E-state index in [0.717, 1.165) is 25.0 Å². The molecule has 2 rings (SSSR count). The number of urea groups is 1. The van der Waals surface area contributed by atoms with Gasteiger partial charge in [0.05, 0.1) is 12.6 Å². The largest absolute Gasteiger partial charge is 0.396 e. The van der Waals surface area contributed by atoms with Gasteiger partial charge in [0.15, 0.2) is 0 Å². The standard InChI is InChI=1S/C17H26N2O3/c1-13(15-9-11-22-12-15)18-17(21)19-16(8-5-10-20)14-6-3-2-4-7-14/h2-4,6-7,13,15-16,20H,5,8-12H2,1H3,(H2,18,19,21). The highest BCUT2D eigenvalue weighted by Gasteiger charge is 2.24. The van der Waals surface area contributed by atoms with Crippen LogP contribution in [0.3, 0.4) is 0 Å². The van der Waals surface area contributed by atoms with Crippen molar-refractivity contribution in [1.29, 1.82) is 0 Å². The van der Waals surface area contributed by atoms with Gasteiger partial charge < -0.3 is 20.5 Å². The molecule has 3 atom stereocenters. The Labute approximate surface area is 132 Å². The van der Waals surface area contributed by atoms with E-state index in [1.165, 1.54) is 0 Å². The highest BCUT2D eigenvalue weighted by atomic mass is 16.5. The molecule has 122 valence electrons. The molecule has 5 nitrogen and oxygen atoms in total. The lowest BCUT2D eigenvalue weighted by Crippen LogP contribution is -2.45. The van der Waals surface area contributed by atoms with Gasteiger partial charge in [-0.1, -0.05) is 30.3 Å². The Morgan fingerprint density at radius 2 is 2.14 bits per heavy atom. The first-order valence-corrected chi connectivity index (χ1v) is 8.01. The second-order valence-corrected chi connectivity index (χ2v) is 5.86. The lowest BCUT2D eigenvalue weighted by molar-refractivity contribution is 0.177. The fourth-order valence-electron chi connectivity index (χ4n) is 2.77. The van der Waals surface area contributed by atoms with Crippen LogP contribution in [0.2, 0.25) is 0 Å². The number of carbonyl (C=O) groups excluding carboxylic acids is 1. The normalized spacial score (nSPS) is 20.4. The van der Waals surface area contributed by atoms with Crippen LogP contribution in [0.15, 0.2) is 30.3 Å². The molecule has 2 amide bonds. The van der Waals surface area contributed by atoms with Gasteiger partial charge in [-0.25, -0.2) is 4.79 Å². The third-order valence-corrected chi connectivity index (χ3v) is 4.19. The molecule has 1 aliphatic heterocycles. The maximum absolute atomic E-state index is 12.2. The summed E-state index contributed by atoms with van der Waals surface area (Å²) >= 11 is 0. The van der Waals surface area contributed by atoms with Gasteiger partial charge in [0.2, 0.25) is 0 Å². The maximum Gasteiger partial charge on any atom is 0.315 e. The zero-order chi connectivity index (χ0) is 15.8. The minimum absolute atomic E-state index is 0.0830. The summed E-state index contributed by atoms with van der Waals surface area (Å²) in [7, 11) is 0. The Kier molecular flexibility index (Phi) is 6.68. The Balaban J connectivity index is 1.89. The third kappa shape index (κ3) is 5.00. The van der Waals surface area contributed by atoms with Gasteiger partial charge in [-0.15, -0.1) is 0 Å². The fraction of sp³-hybridized carbons (Fsp3) is 0.588. The quantitative estimate of drug-likeness (QED) is 0.723. The van der Waals surface area contributed by atoms with Crippen LogP contribution in [-0.4, -0.2) is 37.0 Å². The van der Waals surface area contributed by atoms with Gasteiger partial charge in [0.1, 0.15) is 0 Å². The molecule has 1 aromatic rings. The second kappa shape index (κ2) is 8.76. The van der Waals surface area contributed by atoms with E-state index < -0.39 is 0 Å². The summed E-state index contributed by atoms with van der Waals surface area (Å²) in [6, 6.07) is 9.71. The average molecular weight is 306 g/mol. The molecule has 0 spiro atoms. The van der Waals surface area contributed by atoms with E-state index in [1.54, 1.807) is 0 Å². The van der Waals surface area contributed by atoms with E-state index in [9.17, 15) is 4.79 Å². The van der Waals surface area contributed by atoms with Crippen molar-refractivity contribution in [3.05, 3.63) is 35.9 Å². The zero-order valence-corrected chi connectivity index (χ0v) is 13.1. The van der Waals surface area contributed by atoms with Gasteiger partial charge in [0, 0.05) is 25.2 Å². The van der Waals surface area contributed by atoms with Crippen LogP contribution in [0.25, 0.3) is 0 Å². The molecule has 0 aliphatic carbocycles. The molecule has 1 heterocycles. The Morgan fingerprint density at radius 1 is 1.36 bits per heavy atom. The van der Waals surface area contributed by atoms with E-state index >= 15 is 0 Å².